The van der Waals surface area contributed by atoms with Crippen LogP contribution in [0, 0.1) is 5.82 Å². The third-order valence-electron chi connectivity index (χ3n) is 6.68. The van der Waals surface area contributed by atoms with Crippen molar-refractivity contribution in [2.75, 3.05) is 0 Å². The molecule has 0 bridgehead atoms. The second-order valence-electron chi connectivity index (χ2n) is 9.16. The van der Waals surface area contributed by atoms with Gasteiger partial charge in [0.15, 0.2) is 0 Å². The van der Waals surface area contributed by atoms with Crippen molar-refractivity contribution in [3.63, 3.8) is 0 Å². The first-order valence-corrected chi connectivity index (χ1v) is 12.3. The van der Waals surface area contributed by atoms with Crippen molar-refractivity contribution in [2.45, 2.75) is 50.9 Å². The largest absolute Gasteiger partial charge is 0.351 e. The molecule has 1 aliphatic rings. The number of halogens is 1. The van der Waals surface area contributed by atoms with Crippen LogP contribution in [0.15, 0.2) is 78.9 Å². The number of nitrogens with one attached hydrogen (secondary N) is 1. The summed E-state index contributed by atoms with van der Waals surface area (Å²) in [7, 11) is 0. The Labute approximate surface area is 208 Å². The van der Waals surface area contributed by atoms with Gasteiger partial charge >= 0.3 is 0 Å². The third kappa shape index (κ3) is 5.12. The fraction of sp³-hybridized carbons (Fsp3) is 0.286. The maximum Gasteiger partial charge on any atom is 0.247 e. The van der Waals surface area contributed by atoms with Gasteiger partial charge in [0.25, 0.3) is 0 Å². The van der Waals surface area contributed by atoms with Crippen molar-refractivity contribution in [3.05, 3.63) is 95.8 Å². The van der Waals surface area contributed by atoms with Crippen molar-refractivity contribution in [1.29, 1.82) is 0 Å². The minimum absolute atomic E-state index is 0.0275. The summed E-state index contributed by atoms with van der Waals surface area (Å²) in [4.78, 5) is 29.0. The molecule has 1 saturated carbocycles. The zero-order valence-electron chi connectivity index (χ0n) is 19.9. The van der Waals surface area contributed by atoms with E-state index in [2.05, 4.69) is 15.6 Å². The zero-order valence-corrected chi connectivity index (χ0v) is 19.9. The van der Waals surface area contributed by atoms with Crippen molar-refractivity contribution in [3.8, 4) is 0 Å². The van der Waals surface area contributed by atoms with Gasteiger partial charge in [-0.1, -0.05) is 78.7 Å². The Morgan fingerprint density at radius 2 is 1.67 bits per heavy atom. The molecule has 36 heavy (non-hydrogen) atoms. The molecule has 184 valence electrons. The van der Waals surface area contributed by atoms with Gasteiger partial charge in [0.1, 0.15) is 23.9 Å². The molecule has 0 aliphatic heterocycles. The Balaban J connectivity index is 1.53. The molecule has 8 heteroatoms. The minimum atomic E-state index is -1.13. The summed E-state index contributed by atoms with van der Waals surface area (Å²) in [6.45, 7) is 0.0123. The molecule has 0 unspecified atom stereocenters. The van der Waals surface area contributed by atoms with Crippen molar-refractivity contribution in [2.24, 2.45) is 0 Å². The molecule has 1 atom stereocenters. The first-order valence-electron chi connectivity index (χ1n) is 12.3. The van der Waals surface area contributed by atoms with Crippen LogP contribution in [-0.4, -0.2) is 37.7 Å². The first kappa shape index (κ1) is 23.7. The molecule has 5 rings (SSSR count). The summed E-state index contributed by atoms with van der Waals surface area (Å²) in [6.07, 6.45) is 3.85. The highest BCUT2D eigenvalue weighted by Crippen LogP contribution is 2.28. The van der Waals surface area contributed by atoms with Crippen LogP contribution in [0.1, 0.15) is 42.9 Å². The van der Waals surface area contributed by atoms with Gasteiger partial charge in [-0.05, 0) is 36.6 Å². The summed E-state index contributed by atoms with van der Waals surface area (Å²) < 4.78 is 16.6. The van der Waals surface area contributed by atoms with Crippen molar-refractivity contribution < 1.29 is 14.0 Å². The number of carbonyl (C=O) groups excluding carboxylic acids is 2. The van der Waals surface area contributed by atoms with Gasteiger partial charge in [0.2, 0.25) is 11.8 Å². The van der Waals surface area contributed by atoms with Gasteiger partial charge < -0.3 is 10.2 Å². The monoisotopic (exact) mass is 485 g/mol. The lowest BCUT2D eigenvalue weighted by atomic mass is 10.0. The highest BCUT2D eigenvalue weighted by Gasteiger charge is 2.35. The molecular formula is C28H28FN5O2. The fourth-order valence-electron chi connectivity index (χ4n) is 4.85. The van der Waals surface area contributed by atoms with Crippen LogP contribution in [-0.2, 0) is 22.7 Å². The maximum atomic E-state index is 15.1. The Morgan fingerprint density at radius 1 is 0.972 bits per heavy atom. The Hall–Kier alpha value is -4.07. The van der Waals surface area contributed by atoms with E-state index in [4.69, 9.17) is 0 Å². The molecule has 0 saturated heterocycles. The van der Waals surface area contributed by atoms with Crippen LogP contribution in [0.2, 0.25) is 0 Å². The fourth-order valence-corrected chi connectivity index (χ4v) is 4.85. The number of nitrogens with zero attached hydrogens (tertiary/aromatic N) is 4. The van der Waals surface area contributed by atoms with Crippen LogP contribution in [0.4, 0.5) is 4.39 Å². The number of amides is 2. The summed E-state index contributed by atoms with van der Waals surface area (Å²) in [5.74, 6) is -1.26. The number of carbonyl (C=O) groups is 2. The number of fused-ring (bicyclic) bond motifs is 1. The van der Waals surface area contributed by atoms with E-state index in [0.717, 1.165) is 31.2 Å². The van der Waals surface area contributed by atoms with Crippen molar-refractivity contribution >= 4 is 22.8 Å². The number of hydrogen-bond acceptors (Lipinski definition) is 4. The predicted molar refractivity (Wildman–Crippen MR) is 134 cm³/mol. The Bertz CT molecular complexity index is 1350. The zero-order chi connectivity index (χ0) is 24.9. The maximum absolute atomic E-state index is 15.1. The lowest BCUT2D eigenvalue weighted by molar-refractivity contribution is -0.142. The molecular weight excluding hydrogens is 457 g/mol. The standard InChI is InChI=1S/C28H28FN5O2/c29-23-15-7-6-14-22(23)27(28(36)30-21-12-4-5-13-21)33(18-20-10-2-1-3-11-20)26(35)19-34-25-17-9-8-16-24(25)31-32-34/h1-3,6-11,14-17,21,27H,4-5,12-13,18-19H2,(H,30,36)/t27-/m1/s1. The highest BCUT2D eigenvalue weighted by atomic mass is 19.1. The molecule has 7 nitrogen and oxygen atoms in total. The number of aromatic nitrogens is 3. The Kier molecular flexibility index (Phi) is 7.02. The lowest BCUT2D eigenvalue weighted by Gasteiger charge is -2.32. The molecule has 1 N–H and O–H groups in total. The molecule has 2 amide bonds. The van der Waals surface area contributed by atoms with Gasteiger partial charge in [-0.2, -0.15) is 0 Å². The summed E-state index contributed by atoms with van der Waals surface area (Å²) in [5.41, 5.74) is 2.39. The second-order valence-corrected chi connectivity index (χ2v) is 9.16. The van der Waals surface area contributed by atoms with Gasteiger partial charge in [-0.15, -0.1) is 5.10 Å². The molecule has 1 aromatic heterocycles. The number of para-hydroxylation sites is 1. The average molecular weight is 486 g/mol. The van der Waals surface area contributed by atoms with Crippen LogP contribution in [0.3, 0.4) is 0 Å². The number of rotatable bonds is 8. The smallest absolute Gasteiger partial charge is 0.247 e. The molecule has 1 heterocycles. The van der Waals surface area contributed by atoms with E-state index >= 15 is 4.39 Å². The minimum Gasteiger partial charge on any atom is -0.351 e. The van der Waals surface area contributed by atoms with Gasteiger partial charge in [-0.3, -0.25) is 9.59 Å². The van der Waals surface area contributed by atoms with E-state index in [9.17, 15) is 9.59 Å². The molecule has 0 radical (unpaired) electrons. The molecule has 4 aromatic rings. The van der Waals surface area contributed by atoms with Gasteiger partial charge in [0, 0.05) is 18.2 Å². The first-order chi connectivity index (χ1) is 17.6. The highest BCUT2D eigenvalue weighted by molar-refractivity contribution is 5.89. The third-order valence-corrected chi connectivity index (χ3v) is 6.68. The average Bonchev–Trinajstić information content (AvgIpc) is 3.55. The molecule has 0 spiro atoms. The lowest BCUT2D eigenvalue weighted by Crippen LogP contribution is -2.47. The van der Waals surface area contributed by atoms with E-state index in [-0.39, 0.29) is 36.5 Å². The van der Waals surface area contributed by atoms with Crippen LogP contribution < -0.4 is 5.32 Å². The molecule has 3 aromatic carbocycles. The SMILES string of the molecule is O=C(NC1CCCC1)[C@@H](c1ccccc1F)N(Cc1ccccc1)C(=O)Cn1nnc2ccccc21. The normalized spacial score (nSPS) is 14.6. The summed E-state index contributed by atoms with van der Waals surface area (Å²) in [5, 5.41) is 11.4. The summed E-state index contributed by atoms with van der Waals surface area (Å²) in [6, 6.07) is 21.8. The number of benzene rings is 3. The van der Waals surface area contributed by atoms with Gasteiger partial charge in [-0.25, -0.2) is 9.07 Å². The van der Waals surface area contributed by atoms with E-state index in [1.807, 2.05) is 54.6 Å². The molecule has 1 aliphatic carbocycles. The predicted octanol–water partition coefficient (Wildman–Crippen LogP) is 4.40. The van der Waals surface area contributed by atoms with Crippen LogP contribution in [0.5, 0.6) is 0 Å². The van der Waals surface area contributed by atoms with Gasteiger partial charge in [0.05, 0.1) is 5.52 Å². The van der Waals surface area contributed by atoms with E-state index < -0.39 is 11.9 Å². The molecule has 1 fully saturated rings. The topological polar surface area (TPSA) is 80.1 Å². The van der Waals surface area contributed by atoms with E-state index in [0.29, 0.717) is 11.0 Å². The second kappa shape index (κ2) is 10.7. The quantitative estimate of drug-likeness (QED) is 0.401. The van der Waals surface area contributed by atoms with E-state index in [1.54, 1.807) is 18.2 Å². The Morgan fingerprint density at radius 3 is 2.44 bits per heavy atom. The van der Waals surface area contributed by atoms with Crippen molar-refractivity contribution in [1.82, 2.24) is 25.2 Å². The van der Waals surface area contributed by atoms with Crippen LogP contribution >= 0.6 is 0 Å². The summed E-state index contributed by atoms with van der Waals surface area (Å²) >= 11 is 0. The number of hydrogen-bond donors (Lipinski definition) is 1. The van der Waals surface area contributed by atoms with Crippen LogP contribution in [0.25, 0.3) is 11.0 Å². The van der Waals surface area contributed by atoms with E-state index in [1.165, 1.54) is 15.6 Å².